The van der Waals surface area contributed by atoms with Crippen LogP contribution in [0.1, 0.15) is 43.7 Å². The summed E-state index contributed by atoms with van der Waals surface area (Å²) in [6.45, 7) is 5.38. The van der Waals surface area contributed by atoms with Crippen molar-refractivity contribution in [3.05, 3.63) is 61.4 Å². The second-order valence-corrected chi connectivity index (χ2v) is 7.37. The van der Waals surface area contributed by atoms with Crippen LogP contribution >= 0.6 is 11.6 Å². The summed E-state index contributed by atoms with van der Waals surface area (Å²) >= 11 is 6.03. The fourth-order valence-electron chi connectivity index (χ4n) is 2.65. The molecule has 1 aromatic carbocycles. The van der Waals surface area contributed by atoms with E-state index in [-0.39, 0.29) is 33.5 Å². The first-order valence-electron chi connectivity index (χ1n) is 9.34. The van der Waals surface area contributed by atoms with Gasteiger partial charge in [0.1, 0.15) is 5.69 Å². The Morgan fingerprint density at radius 2 is 1.79 bits per heavy atom. The Balaban J connectivity index is 2.64. The van der Waals surface area contributed by atoms with Gasteiger partial charge < -0.3 is 9.47 Å². The number of alkyl halides is 3. The second-order valence-electron chi connectivity index (χ2n) is 6.97. The minimum Gasteiger partial charge on any atom is -0.463 e. The van der Waals surface area contributed by atoms with E-state index in [0.717, 1.165) is 18.2 Å². The van der Waals surface area contributed by atoms with Crippen LogP contribution in [0.3, 0.4) is 0 Å². The molecule has 8 nitrogen and oxygen atoms in total. The molecule has 1 aromatic heterocycles. The van der Waals surface area contributed by atoms with Gasteiger partial charge in [0.05, 0.1) is 22.9 Å². The van der Waals surface area contributed by atoms with Crippen molar-refractivity contribution in [3.63, 3.8) is 0 Å². The van der Waals surface area contributed by atoms with Crippen molar-refractivity contribution < 1.29 is 32.2 Å². The Morgan fingerprint density at radius 1 is 1.15 bits per heavy atom. The van der Waals surface area contributed by atoms with Crippen LogP contribution in [-0.4, -0.2) is 33.3 Å². The maximum Gasteiger partial charge on any atom is 0.432 e. The highest BCUT2D eigenvalue weighted by Gasteiger charge is 2.37. The molecular formula is C21H18ClF3N2O6. The summed E-state index contributed by atoms with van der Waals surface area (Å²) in [7, 11) is 0. The molecule has 0 N–H and O–H groups in total. The SMILES string of the molecule is CC#Cn1c(C(F)(F)F)cc(=O)n(-c2ccc(Cl)c(C(=O)OC(C)(C)C(=O)OCC)c2)c1=O. The molecule has 33 heavy (non-hydrogen) atoms. The van der Waals surface area contributed by atoms with Crippen molar-refractivity contribution in [2.75, 3.05) is 6.61 Å². The smallest absolute Gasteiger partial charge is 0.432 e. The van der Waals surface area contributed by atoms with Gasteiger partial charge in [-0.25, -0.2) is 23.5 Å². The molecule has 2 aromatic rings. The largest absolute Gasteiger partial charge is 0.463 e. The molecule has 0 radical (unpaired) electrons. The number of aromatic nitrogens is 2. The van der Waals surface area contributed by atoms with Gasteiger partial charge in [-0.2, -0.15) is 13.2 Å². The molecule has 176 valence electrons. The van der Waals surface area contributed by atoms with Crippen molar-refractivity contribution >= 4 is 23.5 Å². The van der Waals surface area contributed by atoms with E-state index in [1.807, 2.05) is 6.04 Å². The van der Waals surface area contributed by atoms with Gasteiger partial charge >= 0.3 is 23.8 Å². The van der Waals surface area contributed by atoms with Gasteiger partial charge in [-0.3, -0.25) is 4.79 Å². The molecule has 0 fully saturated rings. The van der Waals surface area contributed by atoms with E-state index in [1.165, 1.54) is 20.8 Å². The summed E-state index contributed by atoms with van der Waals surface area (Å²) < 4.78 is 50.3. The van der Waals surface area contributed by atoms with Gasteiger partial charge in [-0.15, -0.1) is 0 Å². The first-order chi connectivity index (χ1) is 15.2. The summed E-state index contributed by atoms with van der Waals surface area (Å²) in [6, 6.07) is 5.48. The molecule has 0 bridgehead atoms. The molecule has 0 aliphatic heterocycles. The van der Waals surface area contributed by atoms with Gasteiger partial charge in [0.2, 0.25) is 5.60 Å². The van der Waals surface area contributed by atoms with E-state index in [4.69, 9.17) is 21.1 Å². The number of esters is 2. The lowest BCUT2D eigenvalue weighted by molar-refractivity contribution is -0.162. The van der Waals surface area contributed by atoms with Crippen LogP contribution in [0.2, 0.25) is 5.02 Å². The number of carbonyl (C=O) groups is 2. The zero-order valence-corrected chi connectivity index (χ0v) is 18.6. The zero-order chi connectivity index (χ0) is 25.1. The lowest BCUT2D eigenvalue weighted by Crippen LogP contribution is -2.41. The van der Waals surface area contributed by atoms with E-state index in [0.29, 0.717) is 4.57 Å². The average molecular weight is 487 g/mol. The minimum atomic E-state index is -5.02. The number of carbonyl (C=O) groups excluding carboxylic acids is 2. The Bertz CT molecular complexity index is 1280. The highest BCUT2D eigenvalue weighted by Crippen LogP contribution is 2.27. The number of hydrogen-bond acceptors (Lipinski definition) is 6. The monoisotopic (exact) mass is 486 g/mol. The molecule has 0 atom stereocenters. The summed E-state index contributed by atoms with van der Waals surface area (Å²) in [6.07, 6.45) is -5.02. The Kier molecular flexibility index (Phi) is 7.44. The molecule has 0 saturated carbocycles. The number of rotatable bonds is 5. The highest BCUT2D eigenvalue weighted by molar-refractivity contribution is 6.33. The number of ether oxygens (including phenoxy) is 2. The molecule has 0 spiro atoms. The van der Waals surface area contributed by atoms with E-state index < -0.39 is 40.7 Å². The van der Waals surface area contributed by atoms with Crippen molar-refractivity contribution in [3.8, 4) is 17.7 Å². The van der Waals surface area contributed by atoms with Gasteiger partial charge in [-0.05, 0) is 45.9 Å². The van der Waals surface area contributed by atoms with Crippen LogP contribution in [0.5, 0.6) is 0 Å². The van der Waals surface area contributed by atoms with Crippen molar-refractivity contribution in [1.82, 2.24) is 9.13 Å². The fourth-order valence-corrected chi connectivity index (χ4v) is 2.85. The summed E-state index contributed by atoms with van der Waals surface area (Å²) in [5.41, 5.74) is -6.57. The first kappa shape index (κ1) is 25.7. The van der Waals surface area contributed by atoms with Crippen molar-refractivity contribution in [1.29, 1.82) is 0 Å². The van der Waals surface area contributed by atoms with E-state index in [9.17, 15) is 32.3 Å². The maximum atomic E-state index is 13.3. The van der Waals surface area contributed by atoms with Crippen molar-refractivity contribution in [2.24, 2.45) is 0 Å². The molecule has 0 aliphatic carbocycles. The summed E-state index contributed by atoms with van der Waals surface area (Å²) in [5, 5.41) is -0.156. The number of nitrogens with zero attached hydrogens (tertiary/aromatic N) is 2. The first-order valence-corrected chi connectivity index (χ1v) is 9.72. The summed E-state index contributed by atoms with van der Waals surface area (Å²) in [5.74, 6) is 0.262. The van der Waals surface area contributed by atoms with Crippen LogP contribution in [-0.2, 0) is 20.4 Å². The van der Waals surface area contributed by atoms with Gasteiger partial charge in [0, 0.05) is 12.1 Å². The van der Waals surface area contributed by atoms with Crippen LogP contribution in [0.15, 0.2) is 33.9 Å². The molecule has 0 amide bonds. The number of halogens is 4. The lowest BCUT2D eigenvalue weighted by Gasteiger charge is -2.23. The molecule has 0 aliphatic rings. The zero-order valence-electron chi connectivity index (χ0n) is 17.9. The second kappa shape index (κ2) is 9.54. The van der Waals surface area contributed by atoms with Crippen LogP contribution in [0.25, 0.3) is 5.69 Å². The number of hydrogen-bond donors (Lipinski definition) is 0. The van der Waals surface area contributed by atoms with E-state index in [2.05, 4.69) is 5.92 Å². The third-order valence-corrected chi connectivity index (χ3v) is 4.49. The van der Waals surface area contributed by atoms with Crippen molar-refractivity contribution in [2.45, 2.75) is 39.5 Å². The third kappa shape index (κ3) is 5.46. The molecular weight excluding hydrogens is 469 g/mol. The topological polar surface area (TPSA) is 96.6 Å². The molecule has 0 saturated heterocycles. The molecule has 1 heterocycles. The lowest BCUT2D eigenvalue weighted by atomic mass is 10.1. The molecule has 12 heteroatoms. The van der Waals surface area contributed by atoms with Gasteiger partial charge in [0.15, 0.2) is 0 Å². The van der Waals surface area contributed by atoms with Gasteiger partial charge in [0.25, 0.3) is 5.56 Å². The fraction of sp³-hybridized carbons (Fsp3) is 0.333. The Hall–Kier alpha value is -3.52. The Morgan fingerprint density at radius 3 is 2.33 bits per heavy atom. The van der Waals surface area contributed by atoms with E-state index >= 15 is 0 Å². The maximum absolute atomic E-state index is 13.3. The van der Waals surface area contributed by atoms with E-state index in [1.54, 1.807) is 6.92 Å². The Labute approximate surface area is 190 Å². The van der Waals surface area contributed by atoms with Crippen LogP contribution < -0.4 is 11.2 Å². The molecule has 2 rings (SSSR count). The molecule has 0 unspecified atom stereocenters. The third-order valence-electron chi connectivity index (χ3n) is 4.16. The quantitative estimate of drug-likeness (QED) is 0.476. The average Bonchev–Trinajstić information content (AvgIpc) is 2.70. The standard InChI is InChI=1S/C21H18ClF3N2O6/c1-5-9-26-15(21(23,24)25)11-16(28)27(19(26)31)12-7-8-14(22)13(10-12)17(29)33-20(3,4)18(30)32-6-2/h7-8,10-11H,6H2,1-4H3. The normalized spacial score (nSPS) is 11.4. The predicted molar refractivity (Wildman–Crippen MR) is 111 cm³/mol. The predicted octanol–water partition coefficient (Wildman–Crippen LogP) is 3.00. The van der Waals surface area contributed by atoms with Gasteiger partial charge in [-0.1, -0.05) is 17.5 Å². The number of benzene rings is 1. The minimum absolute atomic E-state index is 0.0415. The van der Waals surface area contributed by atoms with Crippen LogP contribution in [0.4, 0.5) is 13.2 Å². The highest BCUT2D eigenvalue weighted by atomic mass is 35.5. The summed E-state index contributed by atoms with van der Waals surface area (Å²) in [4.78, 5) is 49.7. The van der Waals surface area contributed by atoms with Crippen LogP contribution in [0, 0.1) is 12.0 Å².